The van der Waals surface area contributed by atoms with E-state index in [-0.39, 0.29) is 22.2 Å². The van der Waals surface area contributed by atoms with Gasteiger partial charge in [-0.15, -0.1) is 0 Å². The second-order valence-corrected chi connectivity index (χ2v) is 8.48. The van der Waals surface area contributed by atoms with Gasteiger partial charge < -0.3 is 4.90 Å². The molecular weight excluding hydrogens is 355 g/mol. The molecule has 2 fully saturated rings. The maximum absolute atomic E-state index is 12.9. The number of carbonyl (C=O) groups excluding carboxylic acids is 1. The van der Waals surface area contributed by atoms with Crippen LogP contribution < -0.4 is 0 Å². The highest BCUT2D eigenvalue weighted by atomic mass is 35.5. The molecule has 0 bridgehead atoms. The van der Waals surface area contributed by atoms with Crippen molar-refractivity contribution in [2.45, 2.75) is 20.4 Å². The number of hydrogen-bond acceptors (Lipinski definition) is 2. The molecule has 1 aromatic rings. The molecule has 3 atom stereocenters. The quantitative estimate of drug-likeness (QED) is 0.765. The first-order chi connectivity index (χ1) is 12.0. The zero-order chi connectivity index (χ0) is 18.0. The molecule has 1 amide bonds. The normalized spacial score (nSPS) is 26.6. The number of amides is 1. The van der Waals surface area contributed by atoms with Gasteiger partial charge in [-0.05, 0) is 29.4 Å². The van der Waals surface area contributed by atoms with Crippen LogP contribution in [0.25, 0.3) is 0 Å². The summed E-state index contributed by atoms with van der Waals surface area (Å²) in [5, 5.41) is 0. The molecule has 3 rings (SSSR count). The maximum Gasteiger partial charge on any atom is 0.226 e. The molecule has 2 aliphatic rings. The largest absolute Gasteiger partial charge is 0.340 e. The molecule has 25 heavy (non-hydrogen) atoms. The number of carbonyl (C=O) groups is 1. The SMILES string of the molecule is CC(C)[C@H]1[C@@H](C=C(Cl)Cl)[C@@H]1C(=O)N1CCN(Cc2ccccc2)CC1. The molecule has 0 radical (unpaired) electrons. The van der Waals surface area contributed by atoms with Crippen LogP contribution in [0.1, 0.15) is 19.4 Å². The highest BCUT2D eigenvalue weighted by Gasteiger charge is 2.55. The Morgan fingerprint density at radius 2 is 1.80 bits per heavy atom. The van der Waals surface area contributed by atoms with Crippen LogP contribution in [0, 0.1) is 23.7 Å². The van der Waals surface area contributed by atoms with Gasteiger partial charge in [0.2, 0.25) is 5.91 Å². The topological polar surface area (TPSA) is 23.6 Å². The molecule has 3 nitrogen and oxygen atoms in total. The molecular formula is C20H26Cl2N2O. The highest BCUT2D eigenvalue weighted by molar-refractivity contribution is 6.55. The van der Waals surface area contributed by atoms with E-state index in [0.29, 0.717) is 11.8 Å². The summed E-state index contributed by atoms with van der Waals surface area (Å²) < 4.78 is 0.277. The Labute approximate surface area is 160 Å². The Balaban J connectivity index is 1.54. The monoisotopic (exact) mass is 380 g/mol. The predicted octanol–water partition coefficient (Wildman–Crippen LogP) is 4.17. The molecule has 1 saturated heterocycles. The average Bonchev–Trinajstić information content (AvgIpc) is 3.29. The molecule has 1 heterocycles. The third-order valence-electron chi connectivity index (χ3n) is 5.44. The van der Waals surface area contributed by atoms with Gasteiger partial charge in [0.05, 0.1) is 0 Å². The molecule has 136 valence electrons. The van der Waals surface area contributed by atoms with Crippen LogP contribution in [0.4, 0.5) is 0 Å². The van der Waals surface area contributed by atoms with Gasteiger partial charge in [0.25, 0.3) is 0 Å². The first kappa shape index (κ1) is 18.8. The third-order valence-corrected chi connectivity index (χ3v) is 5.69. The summed E-state index contributed by atoms with van der Waals surface area (Å²) in [6, 6.07) is 10.5. The summed E-state index contributed by atoms with van der Waals surface area (Å²) >= 11 is 11.7. The first-order valence-corrected chi connectivity index (χ1v) is 9.81. The highest BCUT2D eigenvalue weighted by Crippen LogP contribution is 2.53. The molecule has 1 saturated carbocycles. The zero-order valence-electron chi connectivity index (χ0n) is 14.9. The standard InChI is InChI=1S/C20H26Cl2N2O/c1-14(2)18-16(12-17(21)22)19(18)20(25)24-10-8-23(9-11-24)13-15-6-4-3-5-7-15/h3-7,12,14,16,18-19H,8-11,13H2,1-2H3/t16-,18+,19+/m1/s1. The van der Waals surface area contributed by atoms with E-state index in [2.05, 4.69) is 43.0 Å². The van der Waals surface area contributed by atoms with Crippen molar-refractivity contribution in [3.63, 3.8) is 0 Å². The van der Waals surface area contributed by atoms with Crippen molar-refractivity contribution < 1.29 is 4.79 Å². The number of benzene rings is 1. The van der Waals surface area contributed by atoms with Crippen molar-refractivity contribution in [3.8, 4) is 0 Å². The zero-order valence-corrected chi connectivity index (χ0v) is 16.4. The molecule has 1 aliphatic carbocycles. The second-order valence-electron chi connectivity index (χ2n) is 7.47. The van der Waals surface area contributed by atoms with Crippen LogP contribution in [0.3, 0.4) is 0 Å². The van der Waals surface area contributed by atoms with Crippen molar-refractivity contribution in [1.82, 2.24) is 9.80 Å². The van der Waals surface area contributed by atoms with E-state index in [9.17, 15) is 4.79 Å². The smallest absolute Gasteiger partial charge is 0.226 e. The van der Waals surface area contributed by atoms with Gasteiger partial charge in [-0.2, -0.15) is 0 Å². The van der Waals surface area contributed by atoms with Crippen LogP contribution in [0.15, 0.2) is 40.9 Å². The average molecular weight is 381 g/mol. The molecule has 5 heteroatoms. The Bertz CT molecular complexity index is 620. The lowest BCUT2D eigenvalue weighted by molar-refractivity contribution is -0.135. The van der Waals surface area contributed by atoms with Crippen LogP contribution in [-0.4, -0.2) is 41.9 Å². The Kier molecular flexibility index (Phi) is 6.08. The maximum atomic E-state index is 12.9. The fourth-order valence-corrected chi connectivity index (χ4v) is 4.38. The predicted molar refractivity (Wildman–Crippen MR) is 103 cm³/mol. The lowest BCUT2D eigenvalue weighted by Gasteiger charge is -2.35. The third kappa shape index (κ3) is 4.58. The number of rotatable bonds is 5. The van der Waals surface area contributed by atoms with Gasteiger partial charge >= 0.3 is 0 Å². The lowest BCUT2D eigenvalue weighted by Crippen LogP contribution is -2.49. The summed E-state index contributed by atoms with van der Waals surface area (Å²) in [4.78, 5) is 17.4. The summed E-state index contributed by atoms with van der Waals surface area (Å²) in [5.41, 5.74) is 1.33. The van der Waals surface area contributed by atoms with E-state index in [0.717, 1.165) is 32.7 Å². The molecule has 0 unspecified atom stereocenters. The van der Waals surface area contributed by atoms with E-state index in [1.165, 1.54) is 5.56 Å². The van der Waals surface area contributed by atoms with Crippen LogP contribution in [0.5, 0.6) is 0 Å². The Morgan fingerprint density at radius 3 is 2.36 bits per heavy atom. The number of allylic oxidation sites excluding steroid dienone is 1. The van der Waals surface area contributed by atoms with Gasteiger partial charge in [-0.1, -0.05) is 67.4 Å². The van der Waals surface area contributed by atoms with Gasteiger partial charge in [-0.3, -0.25) is 9.69 Å². The van der Waals surface area contributed by atoms with Gasteiger partial charge in [0, 0.05) is 38.6 Å². The van der Waals surface area contributed by atoms with Crippen LogP contribution in [-0.2, 0) is 11.3 Å². The molecule has 0 aromatic heterocycles. The summed E-state index contributed by atoms with van der Waals surface area (Å²) in [6.07, 6.45) is 1.85. The molecule has 1 aliphatic heterocycles. The Hall–Kier alpha value is -1.03. The van der Waals surface area contributed by atoms with Crippen molar-refractivity contribution in [2.75, 3.05) is 26.2 Å². The fraction of sp³-hybridized carbons (Fsp3) is 0.550. The molecule has 1 aromatic carbocycles. The van der Waals surface area contributed by atoms with Gasteiger partial charge in [0.1, 0.15) is 4.49 Å². The Morgan fingerprint density at radius 1 is 1.16 bits per heavy atom. The van der Waals surface area contributed by atoms with Crippen molar-refractivity contribution in [2.24, 2.45) is 23.7 Å². The number of piperazine rings is 1. The van der Waals surface area contributed by atoms with E-state index >= 15 is 0 Å². The fourth-order valence-electron chi connectivity index (χ4n) is 4.09. The minimum absolute atomic E-state index is 0.0492. The van der Waals surface area contributed by atoms with Crippen LogP contribution >= 0.6 is 23.2 Å². The first-order valence-electron chi connectivity index (χ1n) is 9.05. The number of hydrogen-bond donors (Lipinski definition) is 0. The molecule has 0 spiro atoms. The van der Waals surface area contributed by atoms with Crippen LogP contribution in [0.2, 0.25) is 0 Å². The van der Waals surface area contributed by atoms with Crippen molar-refractivity contribution in [3.05, 3.63) is 46.5 Å². The minimum Gasteiger partial charge on any atom is -0.340 e. The summed E-state index contributed by atoms with van der Waals surface area (Å²) in [5.74, 6) is 1.34. The van der Waals surface area contributed by atoms with Crippen molar-refractivity contribution >= 4 is 29.1 Å². The van der Waals surface area contributed by atoms with E-state index < -0.39 is 0 Å². The van der Waals surface area contributed by atoms with Gasteiger partial charge in [0.15, 0.2) is 0 Å². The number of nitrogens with zero attached hydrogens (tertiary/aromatic N) is 2. The second kappa shape index (κ2) is 8.11. The molecule has 0 N–H and O–H groups in total. The number of halogens is 2. The summed E-state index contributed by atoms with van der Waals surface area (Å²) in [6.45, 7) is 8.74. The van der Waals surface area contributed by atoms with Gasteiger partial charge in [-0.25, -0.2) is 0 Å². The lowest BCUT2D eigenvalue weighted by atomic mass is 10.1. The summed E-state index contributed by atoms with van der Waals surface area (Å²) in [7, 11) is 0. The van der Waals surface area contributed by atoms with E-state index in [1.807, 2.05) is 17.0 Å². The van der Waals surface area contributed by atoms with E-state index in [4.69, 9.17) is 23.2 Å². The van der Waals surface area contributed by atoms with E-state index in [1.54, 1.807) is 0 Å². The minimum atomic E-state index is 0.0492. The van der Waals surface area contributed by atoms with Crippen molar-refractivity contribution in [1.29, 1.82) is 0 Å².